The highest BCUT2D eigenvalue weighted by atomic mass is 16.7. The second kappa shape index (κ2) is 55.5. The normalized spacial score (nSPS) is 19.2. The Hall–Kier alpha value is -1.85. The van der Waals surface area contributed by atoms with Gasteiger partial charge in [0, 0.05) is 6.42 Å². The highest BCUT2D eigenvalue weighted by Crippen LogP contribution is 2.23. The summed E-state index contributed by atoms with van der Waals surface area (Å²) < 4.78 is 11.3. The predicted molar refractivity (Wildman–Crippen MR) is 318 cm³/mol. The van der Waals surface area contributed by atoms with Crippen LogP contribution in [0.4, 0.5) is 0 Å². The van der Waals surface area contributed by atoms with Gasteiger partial charge >= 0.3 is 0 Å². The third kappa shape index (κ3) is 44.7. The minimum atomic E-state index is -1.58. The summed E-state index contributed by atoms with van der Waals surface area (Å²) in [6, 6.07) is -0.829. The van der Waals surface area contributed by atoms with Gasteiger partial charge in [-0.1, -0.05) is 281 Å². The largest absolute Gasteiger partial charge is 0.394 e. The van der Waals surface area contributed by atoms with Gasteiger partial charge in [-0.3, -0.25) is 4.79 Å². The first-order valence-corrected chi connectivity index (χ1v) is 32.4. The van der Waals surface area contributed by atoms with Crippen LogP contribution in [0.5, 0.6) is 0 Å². The van der Waals surface area contributed by atoms with Gasteiger partial charge in [0.05, 0.1) is 25.4 Å². The summed E-state index contributed by atoms with van der Waals surface area (Å²) in [4.78, 5) is 13.1. The van der Waals surface area contributed by atoms with E-state index in [1.54, 1.807) is 6.08 Å². The summed E-state index contributed by atoms with van der Waals surface area (Å²) in [5, 5.41) is 54.6. The van der Waals surface area contributed by atoms with Crippen molar-refractivity contribution in [2.45, 2.75) is 352 Å². The molecular formula is C66H123NO8. The molecule has 1 aliphatic rings. The Kier molecular flexibility index (Phi) is 52.6. The zero-order chi connectivity index (χ0) is 54.3. The number of hydrogen-bond donors (Lipinski definition) is 6. The molecule has 0 aromatic carbocycles. The smallest absolute Gasteiger partial charge is 0.220 e. The van der Waals surface area contributed by atoms with Crippen LogP contribution in [0, 0.1) is 0 Å². The van der Waals surface area contributed by atoms with E-state index in [0.29, 0.717) is 6.42 Å². The zero-order valence-electron chi connectivity index (χ0n) is 49.1. The number of allylic oxidation sites excluding steroid dienone is 7. The lowest BCUT2D eigenvalue weighted by Gasteiger charge is -2.40. The molecule has 0 aromatic rings. The van der Waals surface area contributed by atoms with Crippen LogP contribution in [0.1, 0.15) is 309 Å². The van der Waals surface area contributed by atoms with Crippen LogP contribution in [0.25, 0.3) is 0 Å². The molecule has 0 aromatic heterocycles. The van der Waals surface area contributed by atoms with Gasteiger partial charge in [0.2, 0.25) is 5.91 Å². The summed E-state index contributed by atoms with van der Waals surface area (Å²) >= 11 is 0. The predicted octanol–water partition coefficient (Wildman–Crippen LogP) is 16.9. The molecule has 1 saturated heterocycles. The average Bonchev–Trinajstić information content (AvgIpc) is 3.41. The molecule has 7 atom stereocenters. The van der Waals surface area contributed by atoms with E-state index in [2.05, 4.69) is 55.6 Å². The number of aliphatic hydroxyl groups is 5. The molecule has 0 bridgehead atoms. The fourth-order valence-electron chi connectivity index (χ4n) is 10.2. The van der Waals surface area contributed by atoms with Crippen molar-refractivity contribution in [1.82, 2.24) is 5.32 Å². The zero-order valence-corrected chi connectivity index (χ0v) is 49.1. The number of amides is 1. The molecule has 0 spiro atoms. The molecule has 6 N–H and O–H groups in total. The number of nitrogens with one attached hydrogen (secondary N) is 1. The van der Waals surface area contributed by atoms with Crippen LogP contribution in [-0.2, 0) is 14.3 Å². The van der Waals surface area contributed by atoms with Gasteiger partial charge in [-0.25, -0.2) is 0 Å². The number of rotatable bonds is 56. The lowest BCUT2D eigenvalue weighted by molar-refractivity contribution is -0.302. The Labute approximate surface area is 463 Å². The topological polar surface area (TPSA) is 149 Å². The Morgan fingerprint density at radius 3 is 1.12 bits per heavy atom. The van der Waals surface area contributed by atoms with E-state index in [9.17, 15) is 30.3 Å². The highest BCUT2D eigenvalue weighted by molar-refractivity contribution is 5.76. The molecule has 1 rings (SSSR count). The minimum absolute atomic E-state index is 0.187. The number of carbonyl (C=O) groups is 1. The molecule has 1 aliphatic heterocycles. The molecule has 7 unspecified atom stereocenters. The van der Waals surface area contributed by atoms with E-state index in [1.807, 2.05) is 6.08 Å². The van der Waals surface area contributed by atoms with Crippen LogP contribution in [0.2, 0.25) is 0 Å². The van der Waals surface area contributed by atoms with Gasteiger partial charge in [0.15, 0.2) is 6.29 Å². The lowest BCUT2D eigenvalue weighted by atomic mass is 9.99. The van der Waals surface area contributed by atoms with Crippen LogP contribution in [-0.4, -0.2) is 87.5 Å². The monoisotopic (exact) mass is 1060 g/mol. The number of hydrogen-bond acceptors (Lipinski definition) is 8. The van der Waals surface area contributed by atoms with Crippen LogP contribution in [0.15, 0.2) is 48.6 Å². The summed E-state index contributed by atoms with van der Waals surface area (Å²) in [6.45, 7) is 3.79. The van der Waals surface area contributed by atoms with Crippen molar-refractivity contribution in [1.29, 1.82) is 0 Å². The van der Waals surface area contributed by atoms with Gasteiger partial charge in [0.1, 0.15) is 24.4 Å². The first-order chi connectivity index (χ1) is 36.8. The maximum Gasteiger partial charge on any atom is 0.220 e. The van der Waals surface area contributed by atoms with E-state index in [0.717, 1.165) is 44.9 Å². The highest BCUT2D eigenvalue weighted by Gasteiger charge is 2.44. The molecule has 0 saturated carbocycles. The van der Waals surface area contributed by atoms with Crippen molar-refractivity contribution >= 4 is 5.91 Å². The molecule has 0 radical (unpaired) electrons. The molecule has 9 heteroatoms. The molecule has 9 nitrogen and oxygen atoms in total. The van der Waals surface area contributed by atoms with Gasteiger partial charge in [-0.2, -0.15) is 0 Å². The van der Waals surface area contributed by atoms with Crippen LogP contribution in [0.3, 0.4) is 0 Å². The second-order valence-corrected chi connectivity index (χ2v) is 22.5. The molecular weight excluding hydrogens is 935 g/mol. The summed E-state index contributed by atoms with van der Waals surface area (Å²) in [6.07, 6.45) is 67.8. The van der Waals surface area contributed by atoms with Crippen LogP contribution < -0.4 is 5.32 Å². The number of aliphatic hydroxyl groups excluding tert-OH is 5. The average molecular weight is 1060 g/mol. The Bertz CT molecular complexity index is 1320. The second-order valence-electron chi connectivity index (χ2n) is 22.5. The molecule has 1 heterocycles. The van der Waals surface area contributed by atoms with Crippen molar-refractivity contribution in [2.24, 2.45) is 0 Å². The van der Waals surface area contributed by atoms with Crippen molar-refractivity contribution in [3.8, 4) is 0 Å². The Balaban J connectivity index is 2.16. The summed E-state index contributed by atoms with van der Waals surface area (Å²) in [5.74, 6) is -0.187. The van der Waals surface area contributed by atoms with Gasteiger partial charge in [0.25, 0.3) is 0 Å². The molecule has 75 heavy (non-hydrogen) atoms. The van der Waals surface area contributed by atoms with Gasteiger partial charge < -0.3 is 40.3 Å². The summed E-state index contributed by atoms with van der Waals surface area (Å²) in [5.41, 5.74) is 0. The fraction of sp³-hybridized carbons (Fsp3) is 0.864. The summed E-state index contributed by atoms with van der Waals surface area (Å²) in [7, 11) is 0. The van der Waals surface area contributed by atoms with E-state index < -0.39 is 49.5 Å². The van der Waals surface area contributed by atoms with E-state index in [4.69, 9.17) is 9.47 Å². The van der Waals surface area contributed by atoms with Crippen molar-refractivity contribution in [2.75, 3.05) is 13.2 Å². The number of carbonyl (C=O) groups excluding carboxylic acids is 1. The van der Waals surface area contributed by atoms with Gasteiger partial charge in [-0.05, 0) is 70.6 Å². The SMILES string of the molecule is CCCCCCCCCCCC/C=C/CC/C=C/CC/C=C/C(O)C(COC1OC(CO)C(O)C(O)C1O)NC(=O)CCCCCCCCCCCCCCCCCC/C=C\CCCCCCCCCCCCCC. The van der Waals surface area contributed by atoms with Crippen molar-refractivity contribution in [3.63, 3.8) is 0 Å². The minimum Gasteiger partial charge on any atom is -0.394 e. The molecule has 440 valence electrons. The first kappa shape index (κ1) is 71.2. The van der Waals surface area contributed by atoms with Crippen molar-refractivity contribution in [3.05, 3.63) is 48.6 Å². The lowest BCUT2D eigenvalue weighted by Crippen LogP contribution is -2.60. The third-order valence-electron chi connectivity index (χ3n) is 15.4. The number of unbranched alkanes of at least 4 members (excludes halogenated alkanes) is 40. The van der Waals surface area contributed by atoms with Crippen LogP contribution >= 0.6 is 0 Å². The van der Waals surface area contributed by atoms with E-state index in [-0.39, 0.29) is 12.5 Å². The fourth-order valence-corrected chi connectivity index (χ4v) is 10.2. The Morgan fingerprint density at radius 1 is 0.440 bits per heavy atom. The maximum atomic E-state index is 13.1. The van der Waals surface area contributed by atoms with Crippen molar-refractivity contribution < 1.29 is 39.8 Å². The molecule has 0 aliphatic carbocycles. The van der Waals surface area contributed by atoms with E-state index in [1.165, 1.54) is 244 Å². The first-order valence-electron chi connectivity index (χ1n) is 32.4. The van der Waals surface area contributed by atoms with Gasteiger partial charge in [-0.15, -0.1) is 0 Å². The number of ether oxygens (including phenoxy) is 2. The quantitative estimate of drug-likeness (QED) is 0.0261. The Morgan fingerprint density at radius 2 is 0.760 bits per heavy atom. The molecule has 1 amide bonds. The van der Waals surface area contributed by atoms with E-state index >= 15 is 0 Å². The standard InChI is InChI=1S/C66H123NO8/c1-3-5-7-9-11-13-15-17-19-21-23-25-26-27-28-29-30-31-32-33-34-35-36-38-40-42-44-46-48-50-52-54-56-62(70)67-59(58-74-66-65(73)64(72)63(71)61(57-68)75-66)60(69)55-53-51-49-47-45-43-41-39-37-24-22-20-18-16-14-12-10-8-6-4-2/h27-28,37,39,45,47,53,55,59-61,63-66,68-69,71-73H,3-26,29-36,38,40-44,46,48-52,54,56-58H2,1-2H3,(H,67,70)/b28-27-,39-37+,47-45+,55-53+. The maximum absolute atomic E-state index is 13.1. The third-order valence-corrected chi connectivity index (χ3v) is 15.4. The molecule has 1 fully saturated rings.